The van der Waals surface area contributed by atoms with Crippen molar-refractivity contribution >= 4 is 11.8 Å². The van der Waals surface area contributed by atoms with Crippen LogP contribution < -0.4 is 4.74 Å². The number of Topliss-reactive ketones (excluding diaryl/α,β-unsaturated/α-hetero) is 1. The number of hydrogen-bond donors (Lipinski definition) is 0. The lowest BCUT2D eigenvalue weighted by Crippen LogP contribution is -2.04. The van der Waals surface area contributed by atoms with Gasteiger partial charge in [-0.25, -0.2) is 4.79 Å². The number of nitrogens with zero attached hydrogens (tertiary/aromatic N) is 1. The van der Waals surface area contributed by atoms with Gasteiger partial charge in [-0.3, -0.25) is 4.79 Å². The van der Waals surface area contributed by atoms with E-state index in [0.717, 1.165) is 5.75 Å². The van der Waals surface area contributed by atoms with E-state index in [1.54, 1.807) is 44.4 Å². The molecule has 0 unspecified atom stereocenters. The third-order valence-electron chi connectivity index (χ3n) is 3.28. The van der Waals surface area contributed by atoms with E-state index in [1.807, 2.05) is 0 Å². The summed E-state index contributed by atoms with van der Waals surface area (Å²) in [6, 6.07) is 8.56. The van der Waals surface area contributed by atoms with E-state index in [0.29, 0.717) is 30.6 Å². The topological polar surface area (TPSA) is 78.6 Å². The van der Waals surface area contributed by atoms with Crippen molar-refractivity contribution in [2.75, 3.05) is 13.7 Å². The largest absolute Gasteiger partial charge is 0.497 e. The third-order valence-corrected chi connectivity index (χ3v) is 3.28. The molecule has 2 aromatic rings. The van der Waals surface area contributed by atoms with Crippen LogP contribution in [-0.4, -0.2) is 30.6 Å². The minimum absolute atomic E-state index is 0.0535. The number of rotatable bonds is 8. The predicted molar refractivity (Wildman–Crippen MR) is 82.7 cm³/mol. The lowest BCUT2D eigenvalue weighted by Gasteiger charge is -2.02. The van der Waals surface area contributed by atoms with Gasteiger partial charge in [0, 0.05) is 24.5 Å². The van der Waals surface area contributed by atoms with Crippen LogP contribution in [0.3, 0.4) is 0 Å². The van der Waals surface area contributed by atoms with Crippen molar-refractivity contribution in [2.24, 2.45) is 0 Å². The lowest BCUT2D eigenvalue weighted by molar-refractivity contribution is 0.0514. The van der Waals surface area contributed by atoms with Crippen LogP contribution in [0.15, 0.2) is 34.9 Å². The quantitative estimate of drug-likeness (QED) is 0.550. The van der Waals surface area contributed by atoms with Crippen LogP contribution in [0.25, 0.3) is 0 Å². The van der Waals surface area contributed by atoms with Gasteiger partial charge in [-0.05, 0) is 37.6 Å². The summed E-state index contributed by atoms with van der Waals surface area (Å²) in [5.74, 6) is 0.833. The molecule has 0 aliphatic carbocycles. The van der Waals surface area contributed by atoms with Crippen LogP contribution >= 0.6 is 0 Å². The highest BCUT2D eigenvalue weighted by Gasteiger charge is 2.14. The second-order valence-corrected chi connectivity index (χ2v) is 4.90. The average molecular weight is 317 g/mol. The zero-order valence-corrected chi connectivity index (χ0v) is 13.2. The Morgan fingerprint density at radius 2 is 1.96 bits per heavy atom. The molecule has 6 nitrogen and oxygen atoms in total. The number of carbonyl (C=O) groups excluding carboxylic acids is 2. The minimum atomic E-state index is -0.503. The Bertz CT molecular complexity index is 660. The van der Waals surface area contributed by atoms with Gasteiger partial charge in [-0.2, -0.15) is 0 Å². The van der Waals surface area contributed by atoms with Crippen molar-refractivity contribution in [1.29, 1.82) is 0 Å². The number of esters is 1. The van der Waals surface area contributed by atoms with E-state index in [2.05, 4.69) is 5.16 Å². The molecule has 23 heavy (non-hydrogen) atoms. The maximum atomic E-state index is 12.1. The van der Waals surface area contributed by atoms with E-state index in [1.165, 1.54) is 0 Å². The van der Waals surface area contributed by atoms with Gasteiger partial charge < -0.3 is 14.0 Å². The Morgan fingerprint density at radius 1 is 1.22 bits per heavy atom. The molecule has 1 heterocycles. The van der Waals surface area contributed by atoms with Crippen molar-refractivity contribution in [3.05, 3.63) is 47.3 Å². The highest BCUT2D eigenvalue weighted by Crippen LogP contribution is 2.15. The minimum Gasteiger partial charge on any atom is -0.497 e. The number of aromatic nitrogens is 1. The number of ether oxygens (including phenoxy) is 2. The Balaban J connectivity index is 1.82. The SMILES string of the molecule is CCOC(=O)c1cc(CCCC(=O)c2ccc(OC)cc2)on1. The van der Waals surface area contributed by atoms with Crippen molar-refractivity contribution in [3.8, 4) is 5.75 Å². The van der Waals surface area contributed by atoms with E-state index < -0.39 is 5.97 Å². The number of aryl methyl sites for hydroxylation is 1. The fourth-order valence-electron chi connectivity index (χ4n) is 2.08. The molecule has 0 fully saturated rings. The highest BCUT2D eigenvalue weighted by molar-refractivity contribution is 5.96. The van der Waals surface area contributed by atoms with Gasteiger partial charge in [-0.15, -0.1) is 0 Å². The number of ketones is 1. The molecule has 0 aliphatic heterocycles. The Hall–Kier alpha value is -2.63. The number of methoxy groups -OCH3 is 1. The molecule has 0 saturated heterocycles. The first kappa shape index (κ1) is 16.7. The Labute approximate surface area is 134 Å². The number of hydrogen-bond acceptors (Lipinski definition) is 6. The molecule has 1 aromatic carbocycles. The monoisotopic (exact) mass is 317 g/mol. The van der Waals surface area contributed by atoms with Gasteiger partial charge in [0.2, 0.25) is 0 Å². The summed E-state index contributed by atoms with van der Waals surface area (Å²) in [5, 5.41) is 3.66. The van der Waals surface area contributed by atoms with E-state index in [9.17, 15) is 9.59 Å². The maximum absolute atomic E-state index is 12.1. The third kappa shape index (κ3) is 4.67. The first-order chi connectivity index (χ1) is 11.1. The fourth-order valence-corrected chi connectivity index (χ4v) is 2.08. The molecule has 6 heteroatoms. The smallest absolute Gasteiger partial charge is 0.360 e. The van der Waals surface area contributed by atoms with E-state index in [-0.39, 0.29) is 18.1 Å². The molecule has 122 valence electrons. The van der Waals surface area contributed by atoms with Crippen LogP contribution in [0.1, 0.15) is 46.4 Å². The molecule has 0 spiro atoms. The summed E-state index contributed by atoms with van der Waals surface area (Å²) in [7, 11) is 1.58. The molecular weight excluding hydrogens is 298 g/mol. The molecule has 0 atom stereocenters. The summed E-state index contributed by atoms with van der Waals surface area (Å²) in [6.45, 7) is 2.01. The van der Waals surface area contributed by atoms with Gasteiger partial charge in [0.05, 0.1) is 13.7 Å². The normalized spacial score (nSPS) is 10.3. The lowest BCUT2D eigenvalue weighted by atomic mass is 10.0. The summed E-state index contributed by atoms with van der Waals surface area (Å²) >= 11 is 0. The zero-order valence-electron chi connectivity index (χ0n) is 13.2. The van der Waals surface area contributed by atoms with Gasteiger partial charge in [-0.1, -0.05) is 5.16 Å². The van der Waals surface area contributed by atoms with Crippen molar-refractivity contribution in [2.45, 2.75) is 26.2 Å². The van der Waals surface area contributed by atoms with Gasteiger partial charge >= 0.3 is 5.97 Å². The summed E-state index contributed by atoms with van der Waals surface area (Å²) < 4.78 is 15.0. The van der Waals surface area contributed by atoms with Crippen LogP contribution in [0.5, 0.6) is 5.75 Å². The van der Waals surface area contributed by atoms with Gasteiger partial charge in [0.15, 0.2) is 11.5 Å². The van der Waals surface area contributed by atoms with Crippen LogP contribution in [0.4, 0.5) is 0 Å². The fraction of sp³-hybridized carbons (Fsp3) is 0.353. The summed E-state index contributed by atoms with van der Waals surface area (Å²) in [6.07, 6.45) is 1.54. The van der Waals surface area contributed by atoms with Crippen LogP contribution in [-0.2, 0) is 11.2 Å². The average Bonchev–Trinajstić information content (AvgIpc) is 3.04. The molecule has 0 aliphatic rings. The summed E-state index contributed by atoms with van der Waals surface area (Å²) in [5.41, 5.74) is 0.805. The molecule has 0 N–H and O–H groups in total. The first-order valence-electron chi connectivity index (χ1n) is 7.44. The van der Waals surface area contributed by atoms with E-state index in [4.69, 9.17) is 14.0 Å². The molecule has 0 amide bonds. The summed E-state index contributed by atoms with van der Waals surface area (Å²) in [4.78, 5) is 23.5. The van der Waals surface area contributed by atoms with Crippen LogP contribution in [0.2, 0.25) is 0 Å². The van der Waals surface area contributed by atoms with Crippen molar-refractivity contribution in [3.63, 3.8) is 0 Å². The van der Waals surface area contributed by atoms with Gasteiger partial charge in [0.25, 0.3) is 0 Å². The van der Waals surface area contributed by atoms with Crippen molar-refractivity contribution in [1.82, 2.24) is 5.16 Å². The molecule has 0 radical (unpaired) electrons. The van der Waals surface area contributed by atoms with Gasteiger partial charge in [0.1, 0.15) is 11.5 Å². The second kappa shape index (κ2) is 8.12. The van der Waals surface area contributed by atoms with E-state index >= 15 is 0 Å². The van der Waals surface area contributed by atoms with Crippen molar-refractivity contribution < 1.29 is 23.6 Å². The molecule has 1 aromatic heterocycles. The maximum Gasteiger partial charge on any atom is 0.360 e. The molecule has 0 saturated carbocycles. The Morgan fingerprint density at radius 3 is 2.61 bits per heavy atom. The number of benzene rings is 1. The second-order valence-electron chi connectivity index (χ2n) is 4.90. The molecular formula is C17H19NO5. The zero-order chi connectivity index (χ0) is 16.7. The Kier molecular flexibility index (Phi) is 5.91. The predicted octanol–water partition coefficient (Wildman–Crippen LogP) is 3.07. The molecule has 0 bridgehead atoms. The number of carbonyl (C=O) groups is 2. The standard InChI is InChI=1S/C17H19NO5/c1-3-22-17(20)15-11-14(23-18-15)5-4-6-16(19)12-7-9-13(21-2)10-8-12/h7-11H,3-6H2,1-2H3. The molecule has 2 rings (SSSR count). The highest BCUT2D eigenvalue weighted by atomic mass is 16.5. The van der Waals surface area contributed by atoms with Crippen LogP contribution in [0, 0.1) is 0 Å². The first-order valence-corrected chi connectivity index (χ1v) is 7.44.